The van der Waals surface area contributed by atoms with E-state index in [0.717, 1.165) is 17.0 Å². The van der Waals surface area contributed by atoms with Crippen LogP contribution in [-0.2, 0) is 5.88 Å². The van der Waals surface area contributed by atoms with Crippen molar-refractivity contribution in [3.05, 3.63) is 23.1 Å². The molecule has 1 aliphatic carbocycles. The van der Waals surface area contributed by atoms with Crippen LogP contribution in [0.1, 0.15) is 37.5 Å². The lowest BCUT2D eigenvalue weighted by molar-refractivity contribution is 0.364. The van der Waals surface area contributed by atoms with E-state index < -0.39 is 0 Å². The number of pyridine rings is 1. The number of aromatic nitrogens is 3. The van der Waals surface area contributed by atoms with Gasteiger partial charge >= 0.3 is 0 Å². The largest absolute Gasteiger partial charge is 0.307 e. The van der Waals surface area contributed by atoms with E-state index in [2.05, 4.69) is 20.8 Å². The molecule has 3 nitrogen and oxygen atoms in total. The number of rotatable bonds is 3. The summed E-state index contributed by atoms with van der Waals surface area (Å²) >= 11 is 14.1. The average Bonchev–Trinajstić information content (AvgIpc) is 2.84. The quantitative estimate of drug-likeness (QED) is 0.766. The number of imidazole rings is 1. The van der Waals surface area contributed by atoms with Crippen molar-refractivity contribution in [1.82, 2.24) is 14.5 Å². The van der Waals surface area contributed by atoms with E-state index in [-0.39, 0.29) is 0 Å². The molecule has 0 spiro atoms. The summed E-state index contributed by atoms with van der Waals surface area (Å²) in [4.78, 5) is 9.10. The third-order valence-electron chi connectivity index (χ3n) is 3.99. The highest BCUT2D eigenvalue weighted by atomic mass is 35.5. The first kappa shape index (κ1) is 14.5. The first-order chi connectivity index (χ1) is 9.74. The van der Waals surface area contributed by atoms with Gasteiger partial charge in [-0.2, -0.15) is 11.8 Å². The third-order valence-corrected chi connectivity index (χ3v) is 5.59. The van der Waals surface area contributed by atoms with Crippen molar-refractivity contribution in [3.63, 3.8) is 0 Å². The number of alkyl halides is 1. The number of halogens is 2. The average molecular weight is 330 g/mol. The Morgan fingerprint density at radius 1 is 1.40 bits per heavy atom. The summed E-state index contributed by atoms with van der Waals surface area (Å²) in [6.07, 6.45) is 8.87. The molecule has 1 fully saturated rings. The van der Waals surface area contributed by atoms with Gasteiger partial charge in [-0.3, -0.25) is 0 Å². The van der Waals surface area contributed by atoms with Gasteiger partial charge in [0.1, 0.15) is 11.3 Å². The summed E-state index contributed by atoms with van der Waals surface area (Å²) in [5.74, 6) is 1.31. The lowest BCUT2D eigenvalue weighted by atomic mass is 9.94. The lowest BCUT2D eigenvalue weighted by Crippen LogP contribution is -2.26. The van der Waals surface area contributed by atoms with Gasteiger partial charge in [0.05, 0.1) is 10.9 Å². The zero-order valence-electron chi connectivity index (χ0n) is 11.4. The van der Waals surface area contributed by atoms with Crippen LogP contribution in [0.5, 0.6) is 0 Å². The highest BCUT2D eigenvalue weighted by Gasteiger charge is 2.29. The Morgan fingerprint density at radius 2 is 2.20 bits per heavy atom. The molecule has 0 N–H and O–H groups in total. The topological polar surface area (TPSA) is 30.7 Å². The van der Waals surface area contributed by atoms with E-state index in [1.807, 2.05) is 17.8 Å². The van der Waals surface area contributed by atoms with Gasteiger partial charge in [0.25, 0.3) is 0 Å². The summed E-state index contributed by atoms with van der Waals surface area (Å²) in [6.45, 7) is 0. The fraction of sp³-hybridized carbons (Fsp3) is 0.571. The van der Waals surface area contributed by atoms with Crippen LogP contribution in [0.15, 0.2) is 12.3 Å². The minimum Gasteiger partial charge on any atom is -0.307 e. The Bertz CT molecular complexity index is 614. The molecule has 1 saturated carbocycles. The van der Waals surface area contributed by atoms with Crippen LogP contribution in [0.4, 0.5) is 0 Å². The Morgan fingerprint density at radius 3 is 2.95 bits per heavy atom. The second-order valence-corrected chi connectivity index (χ2v) is 6.93. The zero-order valence-corrected chi connectivity index (χ0v) is 13.7. The second kappa shape index (κ2) is 6.12. The number of hydrogen-bond donors (Lipinski definition) is 0. The van der Waals surface area contributed by atoms with Crippen LogP contribution in [0.25, 0.3) is 11.2 Å². The van der Waals surface area contributed by atoms with E-state index in [0.29, 0.717) is 22.2 Å². The molecule has 2 atom stereocenters. The van der Waals surface area contributed by atoms with Crippen LogP contribution in [0, 0.1) is 0 Å². The minimum atomic E-state index is 0.408. The molecule has 0 amide bonds. The van der Waals surface area contributed by atoms with E-state index >= 15 is 0 Å². The van der Waals surface area contributed by atoms with Crippen LogP contribution >= 0.6 is 35.0 Å². The number of thioether (sulfide) groups is 1. The maximum atomic E-state index is 6.10. The lowest BCUT2D eigenvalue weighted by Gasteiger charge is -2.32. The van der Waals surface area contributed by atoms with Gasteiger partial charge in [0, 0.05) is 17.5 Å². The molecular formula is C14H17Cl2N3S. The van der Waals surface area contributed by atoms with Crippen molar-refractivity contribution < 1.29 is 0 Å². The van der Waals surface area contributed by atoms with Crippen molar-refractivity contribution in [2.75, 3.05) is 6.26 Å². The maximum absolute atomic E-state index is 6.10. The molecule has 20 heavy (non-hydrogen) atoms. The molecule has 1 aliphatic rings. The predicted molar refractivity (Wildman–Crippen MR) is 86.9 cm³/mol. The molecule has 0 radical (unpaired) electrons. The second-order valence-electron chi connectivity index (χ2n) is 5.15. The Hall–Kier alpha value is -0.450. The van der Waals surface area contributed by atoms with Crippen LogP contribution in [0.3, 0.4) is 0 Å². The smallest absolute Gasteiger partial charge is 0.160 e. The maximum Gasteiger partial charge on any atom is 0.160 e. The van der Waals surface area contributed by atoms with Crippen molar-refractivity contribution in [2.45, 2.75) is 42.9 Å². The molecule has 2 unspecified atom stereocenters. The predicted octanol–water partition coefficient (Wildman–Crippen LogP) is 4.67. The van der Waals surface area contributed by atoms with Crippen LogP contribution in [-0.4, -0.2) is 26.0 Å². The van der Waals surface area contributed by atoms with Gasteiger partial charge < -0.3 is 4.57 Å². The molecule has 0 aliphatic heterocycles. The Balaban J connectivity index is 2.13. The van der Waals surface area contributed by atoms with Gasteiger partial charge in [0.15, 0.2) is 5.65 Å². The molecule has 2 heterocycles. The fourth-order valence-electron chi connectivity index (χ4n) is 3.09. The van der Waals surface area contributed by atoms with E-state index in [1.54, 1.807) is 6.20 Å². The molecular weight excluding hydrogens is 313 g/mol. The fourth-order valence-corrected chi connectivity index (χ4v) is 4.41. The van der Waals surface area contributed by atoms with Crippen molar-refractivity contribution in [3.8, 4) is 0 Å². The molecule has 2 aromatic heterocycles. The van der Waals surface area contributed by atoms with E-state index in [4.69, 9.17) is 23.2 Å². The minimum absolute atomic E-state index is 0.408. The number of fused-ring (bicyclic) bond motifs is 1. The van der Waals surface area contributed by atoms with Gasteiger partial charge in [-0.15, -0.1) is 11.6 Å². The summed E-state index contributed by atoms with van der Waals surface area (Å²) in [5, 5.41) is 1.23. The van der Waals surface area contributed by atoms with Gasteiger partial charge in [-0.25, -0.2) is 9.97 Å². The Labute approximate surface area is 133 Å². The van der Waals surface area contributed by atoms with Crippen LogP contribution < -0.4 is 0 Å². The molecule has 0 bridgehead atoms. The SMILES string of the molecule is CSC1CCCCC1n1c(CCl)nc2cc(Cl)cnc21. The number of nitrogens with zero attached hydrogens (tertiary/aromatic N) is 3. The summed E-state index contributed by atoms with van der Waals surface area (Å²) in [7, 11) is 0. The standard InChI is InChI=1S/C14H17Cl2N3S/c1-20-12-5-3-2-4-11(12)19-13(7-15)18-10-6-9(16)8-17-14(10)19/h6,8,11-12H,2-5,7H2,1H3. The molecule has 0 aromatic carbocycles. The molecule has 2 aromatic rings. The van der Waals surface area contributed by atoms with Gasteiger partial charge in [-0.05, 0) is 25.2 Å². The molecule has 0 saturated heterocycles. The van der Waals surface area contributed by atoms with Crippen molar-refractivity contribution >= 4 is 46.1 Å². The van der Waals surface area contributed by atoms with E-state index in [1.165, 1.54) is 25.7 Å². The number of hydrogen-bond acceptors (Lipinski definition) is 3. The third kappa shape index (κ3) is 2.53. The monoisotopic (exact) mass is 329 g/mol. The summed E-state index contributed by atoms with van der Waals surface area (Å²) < 4.78 is 2.25. The first-order valence-corrected chi connectivity index (χ1v) is 9.05. The first-order valence-electron chi connectivity index (χ1n) is 6.85. The molecule has 108 valence electrons. The Kier molecular flexibility index (Phi) is 4.43. The van der Waals surface area contributed by atoms with Crippen LogP contribution in [0.2, 0.25) is 5.02 Å². The highest BCUT2D eigenvalue weighted by Crippen LogP contribution is 2.38. The normalized spacial score (nSPS) is 23.4. The van der Waals surface area contributed by atoms with Crippen molar-refractivity contribution in [2.24, 2.45) is 0 Å². The van der Waals surface area contributed by atoms with E-state index in [9.17, 15) is 0 Å². The molecule has 6 heteroatoms. The highest BCUT2D eigenvalue weighted by molar-refractivity contribution is 7.99. The van der Waals surface area contributed by atoms with Crippen molar-refractivity contribution in [1.29, 1.82) is 0 Å². The van der Waals surface area contributed by atoms with Gasteiger partial charge in [-0.1, -0.05) is 24.4 Å². The summed E-state index contributed by atoms with van der Waals surface area (Å²) in [5.41, 5.74) is 1.76. The molecule has 3 rings (SSSR count). The summed E-state index contributed by atoms with van der Waals surface area (Å²) in [6, 6.07) is 2.30. The van der Waals surface area contributed by atoms with Gasteiger partial charge in [0.2, 0.25) is 0 Å². The zero-order chi connectivity index (χ0) is 14.1.